The van der Waals surface area contributed by atoms with E-state index in [1.54, 1.807) is 12.1 Å². The molecule has 0 fully saturated rings. The quantitative estimate of drug-likeness (QED) is 0.589. The molecule has 0 bridgehead atoms. The molecule has 0 saturated heterocycles. The lowest BCUT2D eigenvalue weighted by Gasteiger charge is -2.20. The third-order valence-electron chi connectivity index (χ3n) is 2.90. The van der Waals surface area contributed by atoms with Crippen molar-refractivity contribution in [3.63, 3.8) is 0 Å². The van der Waals surface area contributed by atoms with E-state index in [4.69, 9.17) is 22.1 Å². The first-order valence-corrected chi connectivity index (χ1v) is 5.85. The fourth-order valence-corrected chi connectivity index (χ4v) is 2.23. The number of para-hydroxylation sites is 1. The smallest absolute Gasteiger partial charge is 0.339 e. The van der Waals surface area contributed by atoms with Crippen LogP contribution < -0.4 is 10.3 Å². The van der Waals surface area contributed by atoms with Crippen LogP contribution in [0.5, 0.6) is 11.6 Å². The Morgan fingerprint density at radius 2 is 2.16 bits per heavy atom. The lowest BCUT2D eigenvalue weighted by molar-refractivity contribution is 0.0693. The summed E-state index contributed by atoms with van der Waals surface area (Å²) in [6, 6.07) is 4.80. The van der Waals surface area contributed by atoms with E-state index in [2.05, 4.69) is 9.97 Å². The third-order valence-corrected chi connectivity index (χ3v) is 3.10. The summed E-state index contributed by atoms with van der Waals surface area (Å²) in [4.78, 5) is 28.1. The van der Waals surface area contributed by atoms with Crippen molar-refractivity contribution in [1.29, 1.82) is 0 Å². The van der Waals surface area contributed by atoms with Gasteiger partial charge >= 0.3 is 5.97 Å². The standard InChI is InChI=1S/C12H8N2O4S/c15-9-7-4-5-2-1-3-6(11(16)17)8(5)18-10(7)14-12(19)13-9/h1-3H,4H2,(H,16,17)(H2,13,14,15,19). The molecule has 0 amide bonds. The summed E-state index contributed by atoms with van der Waals surface area (Å²) in [6.07, 6.45) is 0.299. The van der Waals surface area contributed by atoms with Gasteiger partial charge in [0.25, 0.3) is 5.56 Å². The van der Waals surface area contributed by atoms with Crippen LogP contribution in [0.25, 0.3) is 0 Å². The Morgan fingerprint density at radius 3 is 2.89 bits per heavy atom. The summed E-state index contributed by atoms with van der Waals surface area (Å²) in [6.45, 7) is 0. The first kappa shape index (κ1) is 11.7. The molecule has 0 unspecified atom stereocenters. The molecule has 2 heterocycles. The summed E-state index contributed by atoms with van der Waals surface area (Å²) in [5, 5.41) is 9.12. The predicted octanol–water partition coefficient (Wildman–Crippen LogP) is 1.83. The van der Waals surface area contributed by atoms with Crippen LogP contribution in [0.4, 0.5) is 0 Å². The van der Waals surface area contributed by atoms with Gasteiger partial charge in [-0.25, -0.2) is 4.79 Å². The Morgan fingerprint density at radius 1 is 1.37 bits per heavy atom. The van der Waals surface area contributed by atoms with Crippen LogP contribution in [0, 0.1) is 4.77 Å². The van der Waals surface area contributed by atoms with Crippen LogP contribution in [0.2, 0.25) is 0 Å². The topological polar surface area (TPSA) is 95.2 Å². The molecule has 1 aromatic carbocycles. The summed E-state index contributed by atoms with van der Waals surface area (Å²) >= 11 is 4.86. The summed E-state index contributed by atoms with van der Waals surface area (Å²) in [5.74, 6) is -0.627. The minimum Gasteiger partial charge on any atom is -0.478 e. The van der Waals surface area contributed by atoms with Crippen LogP contribution in [-0.4, -0.2) is 21.0 Å². The summed E-state index contributed by atoms with van der Waals surface area (Å²) in [7, 11) is 0. The lowest BCUT2D eigenvalue weighted by atomic mass is 10.0. The maximum atomic E-state index is 11.8. The number of ether oxygens (including phenoxy) is 1. The van der Waals surface area contributed by atoms with Crippen molar-refractivity contribution >= 4 is 18.2 Å². The average Bonchev–Trinajstić information content (AvgIpc) is 2.35. The molecule has 7 heteroatoms. The molecule has 0 saturated carbocycles. The van der Waals surface area contributed by atoms with Crippen molar-refractivity contribution < 1.29 is 14.6 Å². The average molecular weight is 276 g/mol. The number of nitrogens with one attached hydrogen (secondary N) is 2. The summed E-state index contributed by atoms with van der Waals surface area (Å²) < 4.78 is 5.65. The SMILES string of the molecule is O=C(O)c1cccc2c1Oc1[nH]c(=S)[nH]c(=O)c1C2. The Bertz CT molecular complexity index is 806. The number of fused-ring (bicyclic) bond motifs is 2. The van der Waals surface area contributed by atoms with E-state index in [0.717, 1.165) is 0 Å². The first-order valence-electron chi connectivity index (χ1n) is 5.45. The van der Waals surface area contributed by atoms with E-state index < -0.39 is 5.97 Å². The number of carboxylic acids is 1. The summed E-state index contributed by atoms with van der Waals surface area (Å²) in [5.41, 5.74) is 0.792. The van der Waals surface area contributed by atoms with E-state index >= 15 is 0 Å². The van der Waals surface area contributed by atoms with E-state index in [1.165, 1.54) is 6.07 Å². The van der Waals surface area contributed by atoms with E-state index in [0.29, 0.717) is 17.5 Å². The number of benzene rings is 1. The number of aromatic carboxylic acids is 1. The number of aromatic nitrogens is 2. The molecule has 96 valence electrons. The molecule has 2 aromatic rings. The minimum absolute atomic E-state index is 0.0581. The fraction of sp³-hybridized carbons (Fsp3) is 0.0833. The predicted molar refractivity (Wildman–Crippen MR) is 68.5 cm³/mol. The van der Waals surface area contributed by atoms with Gasteiger partial charge in [-0.15, -0.1) is 0 Å². The normalized spacial score (nSPS) is 12.2. The number of carboxylic acid groups (broad SMARTS) is 1. The molecule has 6 nitrogen and oxygen atoms in total. The second-order valence-electron chi connectivity index (χ2n) is 4.09. The molecule has 1 aromatic heterocycles. The van der Waals surface area contributed by atoms with Crippen molar-refractivity contribution in [3.8, 4) is 11.6 Å². The number of rotatable bonds is 1. The van der Waals surface area contributed by atoms with Gasteiger partial charge in [0, 0.05) is 12.0 Å². The molecule has 3 rings (SSSR count). The number of hydrogen-bond donors (Lipinski definition) is 3. The molecule has 19 heavy (non-hydrogen) atoms. The van der Waals surface area contributed by atoms with Gasteiger partial charge in [0.05, 0.1) is 5.56 Å². The highest BCUT2D eigenvalue weighted by Crippen LogP contribution is 2.35. The van der Waals surface area contributed by atoms with Crippen LogP contribution in [0.3, 0.4) is 0 Å². The molecule has 0 spiro atoms. The van der Waals surface area contributed by atoms with Crippen LogP contribution >= 0.6 is 12.2 Å². The van der Waals surface area contributed by atoms with Gasteiger partial charge in [0.2, 0.25) is 5.88 Å². The zero-order chi connectivity index (χ0) is 13.6. The highest BCUT2D eigenvalue weighted by atomic mass is 32.1. The van der Waals surface area contributed by atoms with Crippen molar-refractivity contribution in [2.75, 3.05) is 0 Å². The zero-order valence-electron chi connectivity index (χ0n) is 9.52. The van der Waals surface area contributed by atoms with E-state index in [-0.39, 0.29) is 27.5 Å². The minimum atomic E-state index is -1.08. The van der Waals surface area contributed by atoms with Crippen LogP contribution in [0.1, 0.15) is 21.5 Å². The van der Waals surface area contributed by atoms with E-state index in [9.17, 15) is 9.59 Å². The van der Waals surface area contributed by atoms with Gasteiger partial charge in [-0.1, -0.05) is 12.1 Å². The molecule has 1 aliphatic heterocycles. The molecule has 1 aliphatic rings. The van der Waals surface area contributed by atoms with Crippen LogP contribution in [0.15, 0.2) is 23.0 Å². The number of carbonyl (C=O) groups is 1. The van der Waals surface area contributed by atoms with Crippen molar-refractivity contribution in [3.05, 3.63) is 50.0 Å². The second-order valence-corrected chi connectivity index (χ2v) is 4.50. The Labute approximate surface area is 111 Å². The van der Waals surface area contributed by atoms with Gasteiger partial charge in [0.15, 0.2) is 4.77 Å². The Kier molecular flexibility index (Phi) is 2.49. The fourth-order valence-electron chi connectivity index (χ4n) is 2.04. The number of aromatic amines is 2. The van der Waals surface area contributed by atoms with Gasteiger partial charge in [0.1, 0.15) is 11.3 Å². The molecular weight excluding hydrogens is 268 g/mol. The molecule has 3 N–H and O–H groups in total. The number of hydrogen-bond acceptors (Lipinski definition) is 4. The van der Waals surface area contributed by atoms with Crippen molar-refractivity contribution in [2.24, 2.45) is 0 Å². The highest BCUT2D eigenvalue weighted by molar-refractivity contribution is 7.71. The van der Waals surface area contributed by atoms with Gasteiger partial charge < -0.3 is 14.8 Å². The van der Waals surface area contributed by atoms with Gasteiger partial charge in [-0.2, -0.15) is 0 Å². The van der Waals surface area contributed by atoms with Crippen LogP contribution in [-0.2, 0) is 6.42 Å². The molecule has 0 atom stereocenters. The molecular formula is C12H8N2O4S. The first-order chi connectivity index (χ1) is 9.06. The Hall–Kier alpha value is -2.41. The molecule has 0 radical (unpaired) electrons. The van der Waals surface area contributed by atoms with Crippen molar-refractivity contribution in [1.82, 2.24) is 9.97 Å². The van der Waals surface area contributed by atoms with Gasteiger partial charge in [-0.3, -0.25) is 9.78 Å². The van der Waals surface area contributed by atoms with E-state index in [1.807, 2.05) is 0 Å². The molecule has 0 aliphatic carbocycles. The third kappa shape index (κ3) is 1.84. The van der Waals surface area contributed by atoms with Gasteiger partial charge in [-0.05, 0) is 18.3 Å². The second kappa shape index (κ2) is 4.06. The zero-order valence-corrected chi connectivity index (χ0v) is 10.3. The maximum absolute atomic E-state index is 11.8. The van der Waals surface area contributed by atoms with Crippen molar-refractivity contribution in [2.45, 2.75) is 6.42 Å². The maximum Gasteiger partial charge on any atom is 0.339 e. The highest BCUT2D eigenvalue weighted by Gasteiger charge is 2.24. The lowest BCUT2D eigenvalue weighted by Crippen LogP contribution is -2.20. The number of H-pyrrole nitrogens is 2. The Balaban J connectivity index is 2.23. The monoisotopic (exact) mass is 276 g/mol. The largest absolute Gasteiger partial charge is 0.478 e.